The summed E-state index contributed by atoms with van der Waals surface area (Å²) in [5, 5.41) is 13.0. The second kappa shape index (κ2) is 8.49. The van der Waals surface area contributed by atoms with E-state index in [-0.39, 0.29) is 12.7 Å². The van der Waals surface area contributed by atoms with E-state index in [1.165, 1.54) is 12.8 Å². The molecule has 5 heteroatoms. The number of likely N-dealkylation sites (tertiary alicyclic amines) is 1. The van der Waals surface area contributed by atoms with Crippen molar-refractivity contribution < 1.29 is 14.6 Å². The Morgan fingerprint density at radius 2 is 2.08 bits per heavy atom. The zero-order chi connectivity index (χ0) is 16.8. The highest BCUT2D eigenvalue weighted by Crippen LogP contribution is 2.26. The molecule has 1 aliphatic carbocycles. The second-order valence-corrected chi connectivity index (χ2v) is 6.95. The quantitative estimate of drug-likeness (QED) is 0.805. The van der Waals surface area contributed by atoms with Crippen molar-refractivity contribution in [3.8, 4) is 0 Å². The summed E-state index contributed by atoms with van der Waals surface area (Å²) >= 11 is 0. The summed E-state index contributed by atoms with van der Waals surface area (Å²) in [6, 6.07) is 10.7. The van der Waals surface area contributed by atoms with E-state index < -0.39 is 0 Å². The molecule has 2 unspecified atom stereocenters. The van der Waals surface area contributed by atoms with Gasteiger partial charge >= 0.3 is 6.09 Å². The first-order valence-corrected chi connectivity index (χ1v) is 9.09. The van der Waals surface area contributed by atoms with E-state index in [0.29, 0.717) is 24.6 Å². The van der Waals surface area contributed by atoms with Crippen LogP contribution in [0, 0.1) is 5.92 Å². The number of aliphatic hydroxyl groups is 1. The van der Waals surface area contributed by atoms with Gasteiger partial charge in [-0.1, -0.05) is 30.3 Å². The maximum atomic E-state index is 12.4. The van der Waals surface area contributed by atoms with Crippen molar-refractivity contribution >= 4 is 6.09 Å². The summed E-state index contributed by atoms with van der Waals surface area (Å²) in [4.78, 5) is 14.2. The van der Waals surface area contributed by atoms with Crippen molar-refractivity contribution in [3.63, 3.8) is 0 Å². The molecule has 24 heavy (non-hydrogen) atoms. The van der Waals surface area contributed by atoms with Crippen LogP contribution in [0.15, 0.2) is 30.3 Å². The molecule has 1 aliphatic heterocycles. The zero-order valence-corrected chi connectivity index (χ0v) is 14.2. The van der Waals surface area contributed by atoms with E-state index in [1.807, 2.05) is 35.2 Å². The fourth-order valence-corrected chi connectivity index (χ4v) is 3.46. The molecule has 132 valence electrons. The first kappa shape index (κ1) is 17.2. The number of hydrogen-bond acceptors (Lipinski definition) is 4. The number of rotatable bonds is 7. The van der Waals surface area contributed by atoms with Crippen molar-refractivity contribution in [1.82, 2.24) is 10.2 Å². The molecule has 0 radical (unpaired) electrons. The third-order valence-electron chi connectivity index (χ3n) is 4.96. The summed E-state index contributed by atoms with van der Waals surface area (Å²) in [5.74, 6) is 0.399. The SMILES string of the molecule is O=C(OCc1ccccc1)N1CCCC(C(CCO)NC2CC2)C1. The summed E-state index contributed by atoms with van der Waals surface area (Å²) in [7, 11) is 0. The molecular formula is C19H28N2O3. The van der Waals surface area contributed by atoms with Crippen LogP contribution in [0.1, 0.15) is 37.7 Å². The van der Waals surface area contributed by atoms with Crippen LogP contribution in [0.2, 0.25) is 0 Å². The van der Waals surface area contributed by atoms with Gasteiger partial charge in [-0.25, -0.2) is 4.79 Å². The number of nitrogens with zero attached hydrogens (tertiary/aromatic N) is 1. The Morgan fingerprint density at radius 3 is 2.79 bits per heavy atom. The molecule has 2 N–H and O–H groups in total. The average Bonchev–Trinajstić information content (AvgIpc) is 3.44. The molecule has 1 heterocycles. The fraction of sp³-hybridized carbons (Fsp3) is 0.632. The number of carbonyl (C=O) groups excluding carboxylic acids is 1. The third-order valence-corrected chi connectivity index (χ3v) is 4.96. The van der Waals surface area contributed by atoms with Gasteiger partial charge in [0, 0.05) is 31.8 Å². The van der Waals surface area contributed by atoms with Crippen LogP contribution in [-0.4, -0.2) is 47.9 Å². The molecule has 1 aromatic rings. The number of benzene rings is 1. The highest BCUT2D eigenvalue weighted by atomic mass is 16.6. The van der Waals surface area contributed by atoms with Crippen LogP contribution in [0.3, 0.4) is 0 Å². The maximum absolute atomic E-state index is 12.4. The summed E-state index contributed by atoms with van der Waals surface area (Å²) in [6.07, 6.45) is 5.10. The lowest BCUT2D eigenvalue weighted by Crippen LogP contribution is -2.48. The Hall–Kier alpha value is -1.59. The van der Waals surface area contributed by atoms with Crippen molar-refractivity contribution in [1.29, 1.82) is 0 Å². The van der Waals surface area contributed by atoms with Gasteiger partial charge in [-0.3, -0.25) is 0 Å². The third kappa shape index (κ3) is 4.95. The first-order valence-electron chi connectivity index (χ1n) is 9.09. The Balaban J connectivity index is 1.50. The van der Waals surface area contributed by atoms with Gasteiger partial charge in [-0.15, -0.1) is 0 Å². The number of amides is 1. The minimum Gasteiger partial charge on any atom is -0.445 e. The largest absolute Gasteiger partial charge is 0.445 e. The van der Waals surface area contributed by atoms with Gasteiger partial charge in [-0.05, 0) is 43.6 Å². The average molecular weight is 332 g/mol. The number of hydrogen-bond donors (Lipinski definition) is 2. The monoisotopic (exact) mass is 332 g/mol. The lowest BCUT2D eigenvalue weighted by atomic mass is 9.89. The van der Waals surface area contributed by atoms with Crippen molar-refractivity contribution in [2.45, 2.75) is 50.8 Å². The molecular weight excluding hydrogens is 304 g/mol. The summed E-state index contributed by atoms with van der Waals surface area (Å²) in [6.45, 7) is 2.00. The Labute approximate surface area is 144 Å². The minimum absolute atomic E-state index is 0.194. The van der Waals surface area contributed by atoms with Crippen molar-refractivity contribution in [3.05, 3.63) is 35.9 Å². The summed E-state index contributed by atoms with van der Waals surface area (Å²) in [5.41, 5.74) is 1.01. The van der Waals surface area contributed by atoms with E-state index in [9.17, 15) is 9.90 Å². The van der Waals surface area contributed by atoms with Gasteiger partial charge in [0.2, 0.25) is 0 Å². The molecule has 1 saturated heterocycles. The Bertz CT molecular complexity index is 519. The topological polar surface area (TPSA) is 61.8 Å². The summed E-state index contributed by atoms with van der Waals surface area (Å²) < 4.78 is 5.47. The first-order chi connectivity index (χ1) is 11.8. The number of carbonyl (C=O) groups is 1. The Morgan fingerprint density at radius 1 is 1.29 bits per heavy atom. The minimum atomic E-state index is -0.224. The van der Waals surface area contributed by atoms with E-state index in [1.54, 1.807) is 0 Å². The fourth-order valence-electron chi connectivity index (χ4n) is 3.46. The van der Waals surface area contributed by atoms with Gasteiger partial charge < -0.3 is 20.1 Å². The lowest BCUT2D eigenvalue weighted by Gasteiger charge is -2.36. The molecule has 0 aromatic heterocycles. The van der Waals surface area contributed by atoms with Crippen LogP contribution in [0.25, 0.3) is 0 Å². The number of piperidine rings is 1. The predicted octanol–water partition coefficient (Wildman–Crippen LogP) is 2.54. The van der Waals surface area contributed by atoms with Crippen LogP contribution < -0.4 is 5.32 Å². The Kier molecular flexibility index (Phi) is 6.10. The van der Waals surface area contributed by atoms with Crippen LogP contribution >= 0.6 is 0 Å². The van der Waals surface area contributed by atoms with Crippen molar-refractivity contribution in [2.24, 2.45) is 5.92 Å². The molecule has 1 amide bonds. The smallest absolute Gasteiger partial charge is 0.410 e. The normalized spacial score (nSPS) is 22.2. The zero-order valence-electron chi connectivity index (χ0n) is 14.2. The molecule has 2 aliphatic rings. The van der Waals surface area contributed by atoms with E-state index in [0.717, 1.165) is 37.9 Å². The highest BCUT2D eigenvalue weighted by molar-refractivity contribution is 5.67. The van der Waals surface area contributed by atoms with Gasteiger partial charge in [0.15, 0.2) is 0 Å². The number of ether oxygens (including phenoxy) is 1. The molecule has 5 nitrogen and oxygen atoms in total. The van der Waals surface area contributed by atoms with Gasteiger partial charge in [-0.2, -0.15) is 0 Å². The maximum Gasteiger partial charge on any atom is 0.410 e. The molecule has 1 saturated carbocycles. The molecule has 2 atom stereocenters. The predicted molar refractivity (Wildman–Crippen MR) is 92.6 cm³/mol. The highest BCUT2D eigenvalue weighted by Gasteiger charge is 2.33. The standard InChI is InChI=1S/C19H28N2O3/c22-12-10-18(20-17-8-9-17)16-7-4-11-21(13-16)19(23)24-14-15-5-2-1-3-6-15/h1-3,5-6,16-18,20,22H,4,7-14H2. The molecule has 0 spiro atoms. The van der Waals surface area contributed by atoms with Crippen LogP contribution in [0.5, 0.6) is 0 Å². The van der Waals surface area contributed by atoms with Gasteiger partial charge in [0.05, 0.1) is 0 Å². The van der Waals surface area contributed by atoms with E-state index >= 15 is 0 Å². The van der Waals surface area contributed by atoms with Crippen LogP contribution in [-0.2, 0) is 11.3 Å². The van der Waals surface area contributed by atoms with Gasteiger partial charge in [0.25, 0.3) is 0 Å². The van der Waals surface area contributed by atoms with E-state index in [2.05, 4.69) is 5.32 Å². The van der Waals surface area contributed by atoms with Gasteiger partial charge in [0.1, 0.15) is 6.61 Å². The van der Waals surface area contributed by atoms with Crippen molar-refractivity contribution in [2.75, 3.05) is 19.7 Å². The molecule has 3 rings (SSSR count). The number of nitrogens with one attached hydrogen (secondary N) is 1. The molecule has 0 bridgehead atoms. The van der Waals surface area contributed by atoms with E-state index in [4.69, 9.17) is 4.74 Å². The number of aliphatic hydroxyl groups excluding tert-OH is 1. The lowest BCUT2D eigenvalue weighted by molar-refractivity contribution is 0.0711. The second-order valence-electron chi connectivity index (χ2n) is 6.95. The van der Waals surface area contributed by atoms with Crippen LogP contribution in [0.4, 0.5) is 4.79 Å². The molecule has 1 aromatic carbocycles. The molecule has 2 fully saturated rings.